The zero-order valence-electron chi connectivity index (χ0n) is 10.6. The number of thiophene rings is 1. The molecule has 3 rings (SSSR count). The van der Waals surface area contributed by atoms with Crippen LogP contribution < -0.4 is 11.1 Å². The number of hydrogen-bond donors (Lipinski definition) is 2. The second kappa shape index (κ2) is 4.80. The third kappa shape index (κ3) is 2.25. The third-order valence-corrected chi connectivity index (χ3v) is 5.45. The van der Waals surface area contributed by atoms with E-state index in [-0.39, 0.29) is 5.91 Å². The van der Waals surface area contributed by atoms with E-state index in [0.717, 1.165) is 33.3 Å². The van der Waals surface area contributed by atoms with E-state index in [1.165, 1.54) is 11.3 Å². The van der Waals surface area contributed by atoms with Gasteiger partial charge in [-0.25, -0.2) is 0 Å². The molecule has 0 unspecified atom stereocenters. The second-order valence-electron chi connectivity index (χ2n) is 5.20. The average molecular weight is 339 g/mol. The topological polar surface area (TPSA) is 55.1 Å². The van der Waals surface area contributed by atoms with Crippen molar-refractivity contribution in [1.29, 1.82) is 0 Å². The van der Waals surface area contributed by atoms with Crippen LogP contribution in [-0.4, -0.2) is 11.9 Å². The van der Waals surface area contributed by atoms with Crippen molar-refractivity contribution in [2.75, 3.05) is 5.73 Å². The Morgan fingerprint density at radius 1 is 1.47 bits per heavy atom. The van der Waals surface area contributed by atoms with Crippen molar-refractivity contribution in [3.8, 4) is 0 Å². The summed E-state index contributed by atoms with van der Waals surface area (Å²) in [6.07, 6.45) is 2.14. The van der Waals surface area contributed by atoms with E-state index in [1.54, 1.807) is 0 Å². The van der Waals surface area contributed by atoms with Gasteiger partial charge in [-0.3, -0.25) is 4.79 Å². The fourth-order valence-electron chi connectivity index (χ4n) is 2.57. The summed E-state index contributed by atoms with van der Waals surface area (Å²) in [6.45, 7) is 2.20. The van der Waals surface area contributed by atoms with Gasteiger partial charge in [-0.05, 0) is 30.9 Å². The molecule has 0 saturated heterocycles. The summed E-state index contributed by atoms with van der Waals surface area (Å²) in [6, 6.07) is 6.21. The molecule has 0 aliphatic heterocycles. The van der Waals surface area contributed by atoms with Gasteiger partial charge in [0.15, 0.2) is 0 Å². The lowest BCUT2D eigenvalue weighted by molar-refractivity contribution is 0.0901. The zero-order valence-corrected chi connectivity index (χ0v) is 13.0. The van der Waals surface area contributed by atoms with E-state index >= 15 is 0 Å². The van der Waals surface area contributed by atoms with Crippen molar-refractivity contribution in [1.82, 2.24) is 5.32 Å². The van der Waals surface area contributed by atoms with Gasteiger partial charge in [0.05, 0.1) is 5.69 Å². The first-order valence-corrected chi connectivity index (χ1v) is 7.94. The summed E-state index contributed by atoms with van der Waals surface area (Å²) in [5.74, 6) is 0.682. The van der Waals surface area contributed by atoms with Gasteiger partial charge >= 0.3 is 0 Å². The summed E-state index contributed by atoms with van der Waals surface area (Å²) >= 11 is 4.95. The van der Waals surface area contributed by atoms with Crippen molar-refractivity contribution < 1.29 is 4.79 Å². The molecule has 3 N–H and O–H groups in total. The number of benzene rings is 1. The summed E-state index contributed by atoms with van der Waals surface area (Å²) in [5.41, 5.74) is 6.70. The van der Waals surface area contributed by atoms with E-state index in [4.69, 9.17) is 5.73 Å². The minimum Gasteiger partial charge on any atom is -0.397 e. The molecule has 19 heavy (non-hydrogen) atoms. The monoisotopic (exact) mass is 338 g/mol. The number of anilines is 1. The molecule has 3 nitrogen and oxygen atoms in total. The normalized spacial score (nSPS) is 22.2. The first-order chi connectivity index (χ1) is 9.06. The first kappa shape index (κ1) is 12.9. The van der Waals surface area contributed by atoms with Crippen LogP contribution in [0.5, 0.6) is 0 Å². The fourth-order valence-corrected chi connectivity index (χ4v) is 4.33. The van der Waals surface area contributed by atoms with Crippen molar-refractivity contribution >= 4 is 48.9 Å². The second-order valence-corrected chi connectivity index (χ2v) is 7.11. The maximum absolute atomic E-state index is 12.3. The third-order valence-electron chi connectivity index (χ3n) is 3.62. The molecule has 5 heteroatoms. The van der Waals surface area contributed by atoms with Crippen molar-refractivity contribution in [2.24, 2.45) is 5.92 Å². The molecule has 0 radical (unpaired) electrons. The maximum Gasteiger partial charge on any atom is 0.263 e. The maximum atomic E-state index is 12.3. The van der Waals surface area contributed by atoms with Crippen molar-refractivity contribution in [3.63, 3.8) is 0 Å². The molecule has 1 amide bonds. The van der Waals surface area contributed by atoms with Crippen LogP contribution in [0, 0.1) is 5.92 Å². The summed E-state index contributed by atoms with van der Waals surface area (Å²) in [4.78, 5) is 12.9. The standard InChI is InChI=1S/C14H15BrN2OS/c1-7-5-8(6-7)17-14(18)13-12(16)11-9(15)3-2-4-10(11)19-13/h2-4,7-8H,5-6,16H2,1H3,(H,17,18). The summed E-state index contributed by atoms with van der Waals surface area (Å²) in [7, 11) is 0. The van der Waals surface area contributed by atoms with Crippen LogP contribution in [0.15, 0.2) is 22.7 Å². The number of amides is 1. The van der Waals surface area contributed by atoms with Crippen LogP contribution in [0.4, 0.5) is 5.69 Å². The quantitative estimate of drug-likeness (QED) is 0.875. The number of rotatable bonds is 2. The van der Waals surface area contributed by atoms with Gasteiger partial charge < -0.3 is 11.1 Å². The van der Waals surface area contributed by atoms with Crippen LogP contribution in [0.3, 0.4) is 0 Å². The molecule has 100 valence electrons. The Kier molecular flexibility index (Phi) is 3.27. The lowest BCUT2D eigenvalue weighted by atomic mass is 9.82. The SMILES string of the molecule is CC1CC(NC(=O)c2sc3cccc(Br)c3c2N)C1. The van der Waals surface area contributed by atoms with E-state index < -0.39 is 0 Å². The molecule has 1 aliphatic carbocycles. The number of fused-ring (bicyclic) bond motifs is 1. The number of nitrogens with one attached hydrogen (secondary N) is 1. The number of carbonyl (C=O) groups excluding carboxylic acids is 1. The predicted molar refractivity (Wildman–Crippen MR) is 83.6 cm³/mol. The van der Waals surface area contributed by atoms with Crippen LogP contribution >= 0.6 is 27.3 Å². The van der Waals surface area contributed by atoms with E-state index in [0.29, 0.717) is 16.6 Å². The first-order valence-electron chi connectivity index (χ1n) is 6.33. The number of carbonyl (C=O) groups is 1. The Bertz CT molecular complexity index is 646. The molecular formula is C14H15BrN2OS. The van der Waals surface area contributed by atoms with Gasteiger partial charge in [0.25, 0.3) is 5.91 Å². The molecule has 1 aromatic carbocycles. The zero-order chi connectivity index (χ0) is 13.6. The summed E-state index contributed by atoms with van der Waals surface area (Å²) < 4.78 is 1.98. The highest BCUT2D eigenvalue weighted by atomic mass is 79.9. The van der Waals surface area contributed by atoms with Gasteiger partial charge in [-0.15, -0.1) is 11.3 Å². The molecule has 1 aromatic heterocycles. The van der Waals surface area contributed by atoms with Crippen LogP contribution in [0.2, 0.25) is 0 Å². The molecule has 1 heterocycles. The average Bonchev–Trinajstić information content (AvgIpc) is 2.66. The van der Waals surface area contributed by atoms with Crippen LogP contribution in [0.1, 0.15) is 29.4 Å². The number of halogens is 1. The van der Waals surface area contributed by atoms with E-state index in [1.807, 2.05) is 18.2 Å². The van der Waals surface area contributed by atoms with Gasteiger partial charge in [0.2, 0.25) is 0 Å². The number of hydrogen-bond acceptors (Lipinski definition) is 3. The Balaban J connectivity index is 1.90. The molecule has 0 bridgehead atoms. The lowest BCUT2D eigenvalue weighted by Gasteiger charge is -2.33. The Labute approximate surface area is 124 Å². The highest BCUT2D eigenvalue weighted by Gasteiger charge is 2.28. The minimum atomic E-state index is -0.0394. The molecule has 1 saturated carbocycles. The molecule has 0 atom stereocenters. The Morgan fingerprint density at radius 2 is 2.21 bits per heavy atom. The van der Waals surface area contributed by atoms with Gasteiger partial charge in [-0.1, -0.05) is 28.9 Å². The Hall–Kier alpha value is -1.07. The van der Waals surface area contributed by atoms with Gasteiger partial charge in [-0.2, -0.15) is 0 Å². The van der Waals surface area contributed by atoms with Crippen LogP contribution in [-0.2, 0) is 0 Å². The van der Waals surface area contributed by atoms with Crippen molar-refractivity contribution in [2.45, 2.75) is 25.8 Å². The summed E-state index contributed by atoms with van der Waals surface area (Å²) in [5, 5.41) is 4.00. The highest BCUT2D eigenvalue weighted by Crippen LogP contribution is 2.38. The lowest BCUT2D eigenvalue weighted by Crippen LogP contribution is -2.43. The minimum absolute atomic E-state index is 0.0394. The smallest absolute Gasteiger partial charge is 0.263 e. The molecule has 1 fully saturated rings. The van der Waals surface area contributed by atoms with Gasteiger partial charge in [0, 0.05) is 20.6 Å². The van der Waals surface area contributed by atoms with E-state index in [2.05, 4.69) is 28.2 Å². The van der Waals surface area contributed by atoms with E-state index in [9.17, 15) is 4.79 Å². The number of nitrogens with two attached hydrogens (primary N) is 1. The molecule has 1 aliphatic rings. The molecular weight excluding hydrogens is 324 g/mol. The van der Waals surface area contributed by atoms with Crippen molar-refractivity contribution in [3.05, 3.63) is 27.5 Å². The largest absolute Gasteiger partial charge is 0.397 e. The Morgan fingerprint density at radius 3 is 2.84 bits per heavy atom. The molecule has 0 spiro atoms. The van der Waals surface area contributed by atoms with Crippen LogP contribution in [0.25, 0.3) is 10.1 Å². The fraction of sp³-hybridized carbons (Fsp3) is 0.357. The predicted octanol–water partition coefficient (Wildman–Crippen LogP) is 3.77. The number of nitrogen functional groups attached to an aromatic ring is 1. The highest BCUT2D eigenvalue weighted by molar-refractivity contribution is 9.10. The van der Waals surface area contributed by atoms with Gasteiger partial charge in [0.1, 0.15) is 4.88 Å². The molecule has 2 aromatic rings.